The summed E-state index contributed by atoms with van der Waals surface area (Å²) in [5.74, 6) is 1.02. The van der Waals surface area contributed by atoms with Gasteiger partial charge in [0.1, 0.15) is 17.1 Å². The van der Waals surface area contributed by atoms with Gasteiger partial charge in [0.25, 0.3) is 0 Å². The van der Waals surface area contributed by atoms with E-state index in [0.29, 0.717) is 6.42 Å². The molecule has 1 aromatic rings. The van der Waals surface area contributed by atoms with Crippen molar-refractivity contribution in [1.82, 2.24) is 0 Å². The van der Waals surface area contributed by atoms with Crippen LogP contribution in [0.25, 0.3) is 0 Å². The highest BCUT2D eigenvalue weighted by Crippen LogP contribution is 2.25. The van der Waals surface area contributed by atoms with Gasteiger partial charge in [0, 0.05) is 6.42 Å². The van der Waals surface area contributed by atoms with E-state index in [1.54, 1.807) is 6.92 Å². The van der Waals surface area contributed by atoms with Crippen LogP contribution in [0.15, 0.2) is 18.2 Å². The number of carbonyl (C=O) groups excluding carboxylic acids is 1. The number of carbonyl (C=O) groups is 1. The first-order chi connectivity index (χ1) is 7.30. The zero-order valence-electron chi connectivity index (χ0n) is 10.8. The Hall–Kier alpha value is -1.31. The normalized spacial score (nSPS) is 11.3. The first kappa shape index (κ1) is 12.8. The smallest absolute Gasteiger partial charge is 0.133 e. The minimum absolute atomic E-state index is 0.148. The molecule has 0 aliphatic heterocycles. The summed E-state index contributed by atoms with van der Waals surface area (Å²) in [6.45, 7) is 9.52. The maximum Gasteiger partial charge on any atom is 0.133 e. The third-order valence-corrected chi connectivity index (χ3v) is 2.40. The minimum atomic E-state index is -0.440. The lowest BCUT2D eigenvalue weighted by molar-refractivity contribution is -0.120. The van der Waals surface area contributed by atoms with Crippen molar-refractivity contribution in [2.24, 2.45) is 0 Å². The van der Waals surface area contributed by atoms with Crippen LogP contribution in [0, 0.1) is 13.8 Å². The van der Waals surface area contributed by atoms with Crippen molar-refractivity contribution in [2.45, 2.75) is 46.6 Å². The van der Waals surface area contributed by atoms with Crippen LogP contribution in [0.3, 0.4) is 0 Å². The van der Waals surface area contributed by atoms with Crippen molar-refractivity contribution in [3.8, 4) is 5.75 Å². The third kappa shape index (κ3) is 3.69. The first-order valence-corrected chi connectivity index (χ1v) is 5.56. The van der Waals surface area contributed by atoms with Crippen LogP contribution in [-0.4, -0.2) is 11.4 Å². The van der Waals surface area contributed by atoms with E-state index in [9.17, 15) is 4.79 Å². The summed E-state index contributed by atoms with van der Waals surface area (Å²) < 4.78 is 5.90. The lowest BCUT2D eigenvalue weighted by atomic mass is 10.0. The van der Waals surface area contributed by atoms with Crippen molar-refractivity contribution in [1.29, 1.82) is 0 Å². The van der Waals surface area contributed by atoms with Crippen LogP contribution in [0.2, 0.25) is 0 Å². The fourth-order valence-electron chi connectivity index (χ4n) is 1.75. The Morgan fingerprint density at radius 2 is 1.94 bits per heavy atom. The van der Waals surface area contributed by atoms with Gasteiger partial charge in [0.2, 0.25) is 0 Å². The zero-order chi connectivity index (χ0) is 12.3. The third-order valence-electron chi connectivity index (χ3n) is 2.40. The summed E-state index contributed by atoms with van der Waals surface area (Å²) in [6.07, 6.45) is 0.431. The molecule has 2 heteroatoms. The standard InChI is InChI=1S/C14H20O2/c1-10-6-7-11(2)13(8-10)16-14(4,5)9-12(3)15/h6-8H,9H2,1-5H3. The van der Waals surface area contributed by atoms with E-state index in [-0.39, 0.29) is 5.78 Å². The second-order valence-electron chi connectivity index (χ2n) is 5.01. The van der Waals surface area contributed by atoms with Gasteiger partial charge < -0.3 is 4.74 Å². The summed E-state index contributed by atoms with van der Waals surface area (Å²) in [7, 11) is 0. The highest BCUT2D eigenvalue weighted by atomic mass is 16.5. The van der Waals surface area contributed by atoms with E-state index in [2.05, 4.69) is 6.07 Å². The zero-order valence-corrected chi connectivity index (χ0v) is 10.8. The Morgan fingerprint density at radius 1 is 1.31 bits per heavy atom. The van der Waals surface area contributed by atoms with Crippen molar-refractivity contribution in [2.75, 3.05) is 0 Å². The van der Waals surface area contributed by atoms with Gasteiger partial charge in [-0.05, 0) is 51.8 Å². The Kier molecular flexibility index (Phi) is 3.74. The molecule has 0 fully saturated rings. The van der Waals surface area contributed by atoms with Crippen molar-refractivity contribution >= 4 is 5.78 Å². The molecule has 0 saturated heterocycles. The van der Waals surface area contributed by atoms with E-state index in [0.717, 1.165) is 11.3 Å². The van der Waals surface area contributed by atoms with Crippen molar-refractivity contribution in [3.63, 3.8) is 0 Å². The predicted molar refractivity (Wildman–Crippen MR) is 65.9 cm³/mol. The lowest BCUT2D eigenvalue weighted by Gasteiger charge is -2.26. The van der Waals surface area contributed by atoms with Gasteiger partial charge in [0.05, 0.1) is 0 Å². The van der Waals surface area contributed by atoms with Crippen molar-refractivity contribution < 1.29 is 9.53 Å². The maximum atomic E-state index is 11.1. The van der Waals surface area contributed by atoms with Crippen LogP contribution >= 0.6 is 0 Å². The fraction of sp³-hybridized carbons (Fsp3) is 0.500. The number of hydrogen-bond acceptors (Lipinski definition) is 2. The van der Waals surface area contributed by atoms with Gasteiger partial charge in [0.15, 0.2) is 0 Å². The molecular formula is C14H20O2. The molecule has 1 aromatic carbocycles. The molecule has 0 spiro atoms. The average Bonchev–Trinajstić information content (AvgIpc) is 2.08. The highest BCUT2D eigenvalue weighted by molar-refractivity contribution is 5.76. The van der Waals surface area contributed by atoms with Crippen LogP contribution in [0.5, 0.6) is 5.75 Å². The van der Waals surface area contributed by atoms with Crippen molar-refractivity contribution in [3.05, 3.63) is 29.3 Å². The summed E-state index contributed by atoms with van der Waals surface area (Å²) >= 11 is 0. The number of rotatable bonds is 4. The van der Waals surface area contributed by atoms with Gasteiger partial charge in [-0.15, -0.1) is 0 Å². The molecule has 2 nitrogen and oxygen atoms in total. The molecule has 0 heterocycles. The Bertz CT molecular complexity index is 392. The summed E-state index contributed by atoms with van der Waals surface area (Å²) in [6, 6.07) is 6.10. The Balaban J connectivity index is 2.86. The van der Waals surface area contributed by atoms with Crippen LogP contribution in [-0.2, 0) is 4.79 Å². The quantitative estimate of drug-likeness (QED) is 0.777. The second-order valence-corrected chi connectivity index (χ2v) is 5.01. The molecule has 16 heavy (non-hydrogen) atoms. The first-order valence-electron chi connectivity index (χ1n) is 5.56. The Labute approximate surface area is 97.6 Å². The van der Waals surface area contributed by atoms with Gasteiger partial charge in [-0.3, -0.25) is 4.79 Å². The van der Waals surface area contributed by atoms with Gasteiger partial charge >= 0.3 is 0 Å². The molecule has 88 valence electrons. The van der Waals surface area contributed by atoms with Gasteiger partial charge in [-0.2, -0.15) is 0 Å². The molecule has 0 atom stereocenters. The molecule has 0 aliphatic rings. The molecule has 0 radical (unpaired) electrons. The van der Waals surface area contributed by atoms with E-state index < -0.39 is 5.60 Å². The number of Topliss-reactive ketones (excluding diaryl/α,β-unsaturated/α-hetero) is 1. The number of hydrogen-bond donors (Lipinski definition) is 0. The summed E-state index contributed by atoms with van der Waals surface area (Å²) in [5.41, 5.74) is 1.83. The highest BCUT2D eigenvalue weighted by Gasteiger charge is 2.22. The van der Waals surface area contributed by atoms with E-state index in [1.165, 1.54) is 5.56 Å². The summed E-state index contributed by atoms with van der Waals surface area (Å²) in [5, 5.41) is 0. The van der Waals surface area contributed by atoms with E-state index >= 15 is 0 Å². The number of ether oxygens (including phenoxy) is 1. The molecule has 1 rings (SSSR count). The monoisotopic (exact) mass is 220 g/mol. The minimum Gasteiger partial charge on any atom is -0.487 e. The van der Waals surface area contributed by atoms with Gasteiger partial charge in [-0.1, -0.05) is 12.1 Å². The maximum absolute atomic E-state index is 11.1. The molecule has 0 saturated carbocycles. The molecule has 0 amide bonds. The topological polar surface area (TPSA) is 26.3 Å². The number of benzene rings is 1. The molecule has 0 aliphatic carbocycles. The molecule has 0 bridgehead atoms. The largest absolute Gasteiger partial charge is 0.487 e. The SMILES string of the molecule is CC(=O)CC(C)(C)Oc1cc(C)ccc1C. The van der Waals surface area contributed by atoms with E-state index in [1.807, 2.05) is 39.8 Å². The predicted octanol–water partition coefficient (Wildman–Crippen LogP) is 3.44. The molecule has 0 N–H and O–H groups in total. The van der Waals surface area contributed by atoms with Gasteiger partial charge in [-0.25, -0.2) is 0 Å². The van der Waals surface area contributed by atoms with E-state index in [4.69, 9.17) is 4.74 Å². The van der Waals surface area contributed by atoms with Crippen LogP contribution in [0.1, 0.15) is 38.3 Å². The van der Waals surface area contributed by atoms with Crippen LogP contribution < -0.4 is 4.74 Å². The average molecular weight is 220 g/mol. The molecule has 0 aromatic heterocycles. The summed E-state index contributed by atoms with van der Waals surface area (Å²) in [4.78, 5) is 11.1. The molecule has 0 unspecified atom stereocenters. The Morgan fingerprint density at radius 3 is 2.50 bits per heavy atom. The van der Waals surface area contributed by atoms with Crippen LogP contribution in [0.4, 0.5) is 0 Å². The number of ketones is 1. The number of aryl methyl sites for hydroxylation is 2. The lowest BCUT2D eigenvalue weighted by Crippen LogP contribution is -2.30. The second kappa shape index (κ2) is 4.69. The fourth-order valence-corrected chi connectivity index (χ4v) is 1.75. The molecular weight excluding hydrogens is 200 g/mol.